The van der Waals surface area contributed by atoms with Gasteiger partial charge in [0.05, 0.1) is 25.1 Å². The third-order valence-electron chi connectivity index (χ3n) is 3.08. The molecule has 94 valence electrons. The van der Waals surface area contributed by atoms with Gasteiger partial charge in [-0.25, -0.2) is 0 Å². The molecule has 18 heavy (non-hydrogen) atoms. The van der Waals surface area contributed by atoms with E-state index in [1.165, 1.54) is 0 Å². The number of rotatable bonds is 4. The molecule has 2 heterocycles. The van der Waals surface area contributed by atoms with Crippen LogP contribution in [-0.2, 0) is 4.74 Å². The first-order chi connectivity index (χ1) is 8.75. The van der Waals surface area contributed by atoms with E-state index in [1.54, 1.807) is 11.0 Å². The van der Waals surface area contributed by atoms with Gasteiger partial charge in [-0.3, -0.25) is 0 Å². The number of nitrogens with one attached hydrogen (secondary N) is 1. The van der Waals surface area contributed by atoms with Gasteiger partial charge < -0.3 is 10.1 Å². The van der Waals surface area contributed by atoms with Gasteiger partial charge in [-0.15, -0.1) is 9.90 Å². The fourth-order valence-electron chi connectivity index (χ4n) is 1.89. The van der Waals surface area contributed by atoms with Crippen molar-refractivity contribution in [2.45, 2.75) is 6.92 Å². The van der Waals surface area contributed by atoms with E-state index in [0.717, 1.165) is 31.3 Å². The summed E-state index contributed by atoms with van der Waals surface area (Å²) >= 11 is 0. The van der Waals surface area contributed by atoms with Crippen LogP contribution in [0.2, 0.25) is 0 Å². The molecule has 5 heteroatoms. The zero-order chi connectivity index (χ0) is 12.4. The summed E-state index contributed by atoms with van der Waals surface area (Å²) in [4.78, 5) is 1.63. The molecule has 1 aliphatic heterocycles. The molecule has 1 aliphatic rings. The zero-order valence-electron chi connectivity index (χ0n) is 10.3. The summed E-state index contributed by atoms with van der Waals surface area (Å²) in [6, 6.07) is 9.87. The van der Waals surface area contributed by atoms with Crippen molar-refractivity contribution in [2.75, 3.05) is 25.1 Å². The molecule has 5 nitrogen and oxygen atoms in total. The Hall–Kier alpha value is -1.88. The Kier molecular flexibility index (Phi) is 2.76. The van der Waals surface area contributed by atoms with E-state index in [9.17, 15) is 0 Å². The highest BCUT2D eigenvalue weighted by Gasteiger charge is 2.33. The van der Waals surface area contributed by atoms with Gasteiger partial charge in [0, 0.05) is 12.0 Å². The van der Waals surface area contributed by atoms with Crippen LogP contribution in [0.1, 0.15) is 6.92 Å². The standard InChI is InChI=1S/C13H16N4O/c1-13(9-18-10-13)8-14-12-7-15-17(16-12)11-5-3-2-4-6-11/h2-7H,8-10H2,1H3,(H,14,16). The number of aromatic nitrogens is 3. The van der Waals surface area contributed by atoms with Crippen molar-refractivity contribution in [1.82, 2.24) is 15.0 Å². The van der Waals surface area contributed by atoms with Gasteiger partial charge in [0.25, 0.3) is 0 Å². The Morgan fingerprint density at radius 2 is 2.11 bits per heavy atom. The molecule has 1 N–H and O–H groups in total. The first kappa shape index (κ1) is 11.2. The van der Waals surface area contributed by atoms with E-state index in [2.05, 4.69) is 22.4 Å². The van der Waals surface area contributed by atoms with Crippen LogP contribution in [0.3, 0.4) is 0 Å². The molecule has 1 saturated heterocycles. The normalized spacial score (nSPS) is 17.2. The fraction of sp³-hybridized carbons (Fsp3) is 0.385. The molecular formula is C13H16N4O. The van der Waals surface area contributed by atoms with Crippen LogP contribution < -0.4 is 5.32 Å². The molecule has 1 fully saturated rings. The van der Waals surface area contributed by atoms with Crippen LogP contribution in [0.4, 0.5) is 5.82 Å². The maximum Gasteiger partial charge on any atom is 0.169 e. The molecule has 0 unspecified atom stereocenters. The number of benzene rings is 1. The van der Waals surface area contributed by atoms with Crippen LogP contribution in [-0.4, -0.2) is 34.8 Å². The minimum atomic E-state index is 0.233. The maximum absolute atomic E-state index is 5.22. The van der Waals surface area contributed by atoms with E-state index >= 15 is 0 Å². The van der Waals surface area contributed by atoms with Crippen molar-refractivity contribution in [2.24, 2.45) is 5.41 Å². The Morgan fingerprint density at radius 3 is 2.78 bits per heavy atom. The largest absolute Gasteiger partial charge is 0.380 e. The fourth-order valence-corrected chi connectivity index (χ4v) is 1.89. The second-order valence-corrected chi connectivity index (χ2v) is 5.01. The van der Waals surface area contributed by atoms with E-state index in [1.807, 2.05) is 30.3 Å². The molecule has 3 rings (SSSR count). The highest BCUT2D eigenvalue weighted by atomic mass is 16.5. The molecule has 0 radical (unpaired) electrons. The highest BCUT2D eigenvalue weighted by molar-refractivity contribution is 5.34. The van der Waals surface area contributed by atoms with E-state index < -0.39 is 0 Å². The molecule has 0 atom stereocenters. The van der Waals surface area contributed by atoms with Crippen LogP contribution in [0.25, 0.3) is 5.69 Å². The molecule has 0 aliphatic carbocycles. The predicted octanol–water partition coefficient (Wildman–Crippen LogP) is 1.72. The zero-order valence-corrected chi connectivity index (χ0v) is 10.3. The number of hydrogen-bond donors (Lipinski definition) is 1. The van der Waals surface area contributed by atoms with E-state index in [0.29, 0.717) is 0 Å². The summed E-state index contributed by atoms with van der Waals surface area (Å²) < 4.78 is 5.22. The average Bonchev–Trinajstić information content (AvgIpc) is 2.84. The second-order valence-electron chi connectivity index (χ2n) is 5.01. The number of hydrogen-bond acceptors (Lipinski definition) is 4. The van der Waals surface area contributed by atoms with Crippen molar-refractivity contribution in [3.05, 3.63) is 36.5 Å². The second kappa shape index (κ2) is 4.42. The molecule has 1 aromatic heterocycles. The Morgan fingerprint density at radius 1 is 1.33 bits per heavy atom. The van der Waals surface area contributed by atoms with Crippen molar-refractivity contribution >= 4 is 5.82 Å². The molecule has 0 amide bonds. The number of nitrogens with zero attached hydrogens (tertiary/aromatic N) is 3. The first-order valence-electron chi connectivity index (χ1n) is 6.05. The summed E-state index contributed by atoms with van der Waals surface area (Å²) in [6.45, 7) is 4.69. The van der Waals surface area contributed by atoms with Crippen LogP contribution in [0.15, 0.2) is 36.5 Å². The third kappa shape index (κ3) is 2.22. The van der Waals surface area contributed by atoms with Crippen molar-refractivity contribution in [1.29, 1.82) is 0 Å². The lowest BCUT2D eigenvalue weighted by Crippen LogP contribution is -2.45. The topological polar surface area (TPSA) is 52.0 Å². The van der Waals surface area contributed by atoms with Gasteiger partial charge >= 0.3 is 0 Å². The van der Waals surface area contributed by atoms with Gasteiger partial charge in [-0.1, -0.05) is 25.1 Å². The molecule has 0 spiro atoms. The van der Waals surface area contributed by atoms with Gasteiger partial charge in [-0.2, -0.15) is 5.10 Å². The summed E-state index contributed by atoms with van der Waals surface area (Å²) in [5.74, 6) is 0.798. The van der Waals surface area contributed by atoms with Crippen molar-refractivity contribution < 1.29 is 4.74 Å². The van der Waals surface area contributed by atoms with Crippen LogP contribution >= 0.6 is 0 Å². The smallest absolute Gasteiger partial charge is 0.169 e. The first-order valence-corrected chi connectivity index (χ1v) is 6.05. The number of ether oxygens (including phenoxy) is 1. The Labute approximate surface area is 106 Å². The summed E-state index contributed by atoms with van der Waals surface area (Å²) in [5, 5.41) is 11.9. The molecule has 1 aromatic carbocycles. The molecule has 2 aromatic rings. The lowest BCUT2D eigenvalue weighted by molar-refractivity contribution is -0.0924. The summed E-state index contributed by atoms with van der Waals surface area (Å²) in [7, 11) is 0. The predicted molar refractivity (Wildman–Crippen MR) is 68.8 cm³/mol. The number of anilines is 1. The molecule has 0 bridgehead atoms. The van der Waals surface area contributed by atoms with Crippen molar-refractivity contribution in [3.63, 3.8) is 0 Å². The van der Waals surface area contributed by atoms with Crippen LogP contribution in [0, 0.1) is 5.41 Å². The van der Waals surface area contributed by atoms with Gasteiger partial charge in [0.2, 0.25) is 0 Å². The average molecular weight is 244 g/mol. The minimum absolute atomic E-state index is 0.233. The third-order valence-corrected chi connectivity index (χ3v) is 3.08. The Balaban J connectivity index is 1.66. The molecule has 0 saturated carbocycles. The van der Waals surface area contributed by atoms with Gasteiger partial charge in [-0.05, 0) is 12.1 Å². The lowest BCUT2D eigenvalue weighted by Gasteiger charge is -2.37. The minimum Gasteiger partial charge on any atom is -0.380 e. The monoisotopic (exact) mass is 244 g/mol. The number of para-hydroxylation sites is 1. The van der Waals surface area contributed by atoms with E-state index in [4.69, 9.17) is 4.74 Å². The van der Waals surface area contributed by atoms with Gasteiger partial charge in [0.1, 0.15) is 0 Å². The SMILES string of the molecule is CC1(CNc2cnn(-c3ccccc3)n2)COC1. The van der Waals surface area contributed by atoms with Gasteiger partial charge in [0.15, 0.2) is 5.82 Å². The van der Waals surface area contributed by atoms with Crippen molar-refractivity contribution in [3.8, 4) is 5.69 Å². The van der Waals surface area contributed by atoms with Crippen LogP contribution in [0.5, 0.6) is 0 Å². The summed E-state index contributed by atoms with van der Waals surface area (Å²) in [5.41, 5.74) is 1.19. The maximum atomic E-state index is 5.22. The summed E-state index contributed by atoms with van der Waals surface area (Å²) in [6.07, 6.45) is 1.75. The Bertz CT molecular complexity index is 519. The lowest BCUT2D eigenvalue weighted by atomic mass is 9.89. The highest BCUT2D eigenvalue weighted by Crippen LogP contribution is 2.26. The van der Waals surface area contributed by atoms with E-state index in [-0.39, 0.29) is 5.41 Å². The molecular weight excluding hydrogens is 228 g/mol. The quantitative estimate of drug-likeness (QED) is 0.889.